The van der Waals surface area contributed by atoms with Gasteiger partial charge in [-0.3, -0.25) is 24.0 Å². The van der Waals surface area contributed by atoms with Gasteiger partial charge in [0, 0.05) is 48.8 Å². The number of ketones is 3. The van der Waals surface area contributed by atoms with Crippen LogP contribution in [0.15, 0.2) is 35.4 Å². The Hall–Kier alpha value is -3.91. The van der Waals surface area contributed by atoms with E-state index in [2.05, 4.69) is 0 Å². The molecule has 1 aromatic carbocycles. The molecule has 3 saturated heterocycles. The molecule has 4 fully saturated rings. The second-order valence-electron chi connectivity index (χ2n) is 16.3. The third kappa shape index (κ3) is 7.38. The summed E-state index contributed by atoms with van der Waals surface area (Å²) in [5, 5.41) is 65.2. The van der Waals surface area contributed by atoms with Crippen LogP contribution in [0.3, 0.4) is 0 Å². The third-order valence-corrected chi connectivity index (χ3v) is 12.0. The molecule has 3 aliphatic carbocycles. The van der Waals surface area contributed by atoms with E-state index < -0.39 is 132 Å². The van der Waals surface area contributed by atoms with Crippen molar-refractivity contribution in [1.29, 1.82) is 0 Å². The molecule has 0 bridgehead atoms. The summed E-state index contributed by atoms with van der Waals surface area (Å²) in [6.07, 6.45) is -4.82. The summed E-state index contributed by atoms with van der Waals surface area (Å²) < 4.78 is 35.9. The quantitative estimate of drug-likeness (QED) is 0.161. The Balaban J connectivity index is 1.01. The number of carbonyl (C=O) groups excluding carboxylic acids is 4. The molecule has 0 spiro atoms. The first-order chi connectivity index (χ1) is 26.7. The number of phenolic OH excluding ortho intramolecular Hbond substituents is 1. The molecule has 310 valence electrons. The van der Waals surface area contributed by atoms with E-state index in [0.717, 1.165) is 12.2 Å². The van der Waals surface area contributed by atoms with Crippen LogP contribution < -0.4 is 0 Å². The largest absolute Gasteiger partial charge is 0.507 e. The highest BCUT2D eigenvalue weighted by Gasteiger charge is 2.66. The van der Waals surface area contributed by atoms with E-state index in [9.17, 15) is 49.5 Å². The lowest BCUT2D eigenvalue weighted by atomic mass is 9.57. The van der Waals surface area contributed by atoms with Crippen LogP contribution in [0.25, 0.3) is 0 Å². The molecule has 0 aromatic heterocycles. The summed E-state index contributed by atoms with van der Waals surface area (Å²) in [6, 6.07) is 2.67. The molecule has 3 heterocycles. The molecule has 3 aliphatic heterocycles. The molecule has 0 amide bonds. The number of aliphatic hydroxyl groups is 4. The van der Waals surface area contributed by atoms with Crippen molar-refractivity contribution in [3.05, 3.63) is 52.1 Å². The highest BCUT2D eigenvalue weighted by molar-refractivity contribution is 6.32. The summed E-state index contributed by atoms with van der Waals surface area (Å²) in [5.41, 5.74) is -8.35. The molecule has 7 rings (SSSR count). The molecular formula is C40H48O17. The summed E-state index contributed by atoms with van der Waals surface area (Å²) in [6.45, 7) is 6.48. The number of esters is 1. The van der Waals surface area contributed by atoms with Gasteiger partial charge in [0.05, 0.1) is 53.4 Å². The predicted molar refractivity (Wildman–Crippen MR) is 191 cm³/mol. The zero-order chi connectivity index (χ0) is 41.4. The first-order valence-electron chi connectivity index (χ1n) is 19.2. The van der Waals surface area contributed by atoms with Gasteiger partial charge in [-0.05, 0) is 52.7 Å². The number of hydrogen-bond donors (Lipinski definition) is 6. The summed E-state index contributed by atoms with van der Waals surface area (Å²) in [7, 11) is 0. The summed E-state index contributed by atoms with van der Waals surface area (Å²) >= 11 is 0. The minimum Gasteiger partial charge on any atom is -0.507 e. The van der Waals surface area contributed by atoms with Gasteiger partial charge in [-0.2, -0.15) is 0 Å². The number of carbonyl (C=O) groups is 5. The lowest BCUT2D eigenvalue weighted by molar-refractivity contribution is -0.300. The molecular weight excluding hydrogens is 752 g/mol. The average molecular weight is 801 g/mol. The van der Waals surface area contributed by atoms with E-state index in [1.807, 2.05) is 6.92 Å². The molecule has 6 aliphatic rings. The van der Waals surface area contributed by atoms with Crippen LogP contribution in [0.5, 0.6) is 5.75 Å². The van der Waals surface area contributed by atoms with Crippen LogP contribution in [0.2, 0.25) is 0 Å². The van der Waals surface area contributed by atoms with Gasteiger partial charge >= 0.3 is 11.9 Å². The number of aromatic hydroxyl groups is 1. The summed E-state index contributed by atoms with van der Waals surface area (Å²) in [4.78, 5) is 63.9. The van der Waals surface area contributed by atoms with Crippen molar-refractivity contribution in [2.24, 2.45) is 0 Å². The fraction of sp³-hybridized carbons (Fsp3) is 0.625. The number of benzene rings is 1. The molecule has 1 saturated carbocycles. The summed E-state index contributed by atoms with van der Waals surface area (Å²) in [5.74, 6) is -5.50. The van der Waals surface area contributed by atoms with Crippen LogP contribution >= 0.6 is 0 Å². The zero-order valence-electron chi connectivity index (χ0n) is 31.9. The Labute approximate surface area is 327 Å². The molecule has 0 radical (unpaired) electrons. The lowest BCUT2D eigenvalue weighted by Crippen LogP contribution is -2.69. The Morgan fingerprint density at radius 3 is 2.12 bits per heavy atom. The topological polar surface area (TPSA) is 262 Å². The number of aliphatic carboxylic acids is 1. The fourth-order valence-corrected chi connectivity index (χ4v) is 9.05. The number of allylic oxidation sites excluding steroid dienone is 2. The van der Waals surface area contributed by atoms with Crippen molar-refractivity contribution in [3.8, 4) is 5.75 Å². The Bertz CT molecular complexity index is 1920. The number of ether oxygens (including phenoxy) is 6. The monoisotopic (exact) mass is 800 g/mol. The van der Waals surface area contributed by atoms with Gasteiger partial charge in [0.2, 0.25) is 0 Å². The molecule has 13 atom stereocenters. The number of Topliss-reactive ketones (excluding diaryl/α,β-unsaturated/α-hetero) is 3. The second-order valence-corrected chi connectivity index (χ2v) is 16.3. The SMILES string of the molecule is CC1OC(OC2CCC(OC3CC(c4ccc5c(c4O)C(=O)C4=C(C5=O)C5(O)C(=O)CC(C)(O)CC5(O)C=C4)OC(C)C3O)OC2C)CCC1OC(=O)CC(=O)O. The van der Waals surface area contributed by atoms with Crippen molar-refractivity contribution < 1.29 is 83.0 Å². The molecule has 1 aromatic rings. The van der Waals surface area contributed by atoms with Crippen molar-refractivity contribution in [2.45, 2.75) is 157 Å². The van der Waals surface area contributed by atoms with Crippen molar-refractivity contribution in [2.75, 3.05) is 0 Å². The minimum atomic E-state index is -2.80. The van der Waals surface area contributed by atoms with Gasteiger partial charge in [-0.25, -0.2) is 0 Å². The zero-order valence-corrected chi connectivity index (χ0v) is 31.9. The number of aliphatic hydroxyl groups excluding tert-OH is 1. The number of rotatable bonds is 8. The first kappa shape index (κ1) is 41.3. The maximum Gasteiger partial charge on any atom is 0.317 e. The van der Waals surface area contributed by atoms with Crippen LogP contribution in [0.1, 0.15) is 111 Å². The number of carboxylic acids is 1. The van der Waals surface area contributed by atoms with Crippen molar-refractivity contribution in [1.82, 2.24) is 0 Å². The first-order valence-corrected chi connectivity index (χ1v) is 19.2. The average Bonchev–Trinajstić information content (AvgIpc) is 3.11. The van der Waals surface area contributed by atoms with E-state index in [-0.39, 0.29) is 34.8 Å². The third-order valence-electron chi connectivity index (χ3n) is 12.0. The van der Waals surface area contributed by atoms with Crippen LogP contribution in [-0.4, -0.2) is 132 Å². The van der Waals surface area contributed by atoms with Gasteiger partial charge in [-0.15, -0.1) is 0 Å². The van der Waals surface area contributed by atoms with E-state index >= 15 is 0 Å². The molecule has 17 heteroatoms. The highest BCUT2D eigenvalue weighted by atomic mass is 16.7. The molecule has 13 unspecified atom stereocenters. The lowest BCUT2D eigenvalue weighted by Gasteiger charge is -2.51. The van der Waals surface area contributed by atoms with E-state index in [0.29, 0.717) is 25.7 Å². The highest BCUT2D eigenvalue weighted by Crippen LogP contribution is 2.52. The van der Waals surface area contributed by atoms with Crippen molar-refractivity contribution in [3.63, 3.8) is 0 Å². The van der Waals surface area contributed by atoms with Crippen LogP contribution in [-0.2, 0) is 42.8 Å². The fourth-order valence-electron chi connectivity index (χ4n) is 9.05. The smallest absolute Gasteiger partial charge is 0.317 e. The number of fused-ring (bicyclic) bond motifs is 3. The van der Waals surface area contributed by atoms with Gasteiger partial charge < -0.3 is 59.1 Å². The maximum atomic E-state index is 14.0. The van der Waals surface area contributed by atoms with Gasteiger partial charge in [0.25, 0.3) is 0 Å². The molecule has 17 nitrogen and oxygen atoms in total. The number of carboxylic acid groups (broad SMARTS) is 1. The molecule has 57 heavy (non-hydrogen) atoms. The van der Waals surface area contributed by atoms with Crippen LogP contribution in [0.4, 0.5) is 0 Å². The van der Waals surface area contributed by atoms with Gasteiger partial charge in [-0.1, -0.05) is 12.1 Å². The molecule has 6 N–H and O–H groups in total. The Morgan fingerprint density at radius 1 is 0.860 bits per heavy atom. The Morgan fingerprint density at radius 2 is 1.49 bits per heavy atom. The minimum absolute atomic E-state index is 0.0230. The van der Waals surface area contributed by atoms with Crippen molar-refractivity contribution >= 4 is 29.3 Å². The van der Waals surface area contributed by atoms with E-state index in [1.54, 1.807) is 13.8 Å². The van der Waals surface area contributed by atoms with E-state index in [1.165, 1.54) is 19.1 Å². The number of phenols is 1. The van der Waals surface area contributed by atoms with Gasteiger partial charge in [0.1, 0.15) is 30.0 Å². The second kappa shape index (κ2) is 15.0. The number of hydrogen-bond acceptors (Lipinski definition) is 16. The van der Waals surface area contributed by atoms with E-state index in [4.69, 9.17) is 33.5 Å². The van der Waals surface area contributed by atoms with Crippen LogP contribution in [0, 0.1) is 0 Å². The standard InChI is InChI=1S/C40H48O17/c1-17-23(55-29(44)14-28(42)43)7-9-30(53-17)56-24-8-10-31(54-18(24)2)57-26-13-25(52-19(3)34(26)45)20-5-6-21-32(35(20)46)36(47)22-11-12-39(50)16-38(4,49)15-27(41)40(39,51)33(22)37(21)48/h5-6,11-12,17-19,23-26,30-31,34,45-46,49-51H,7-10,13-16H2,1-4H3,(H,42,43). The normalized spacial score (nSPS) is 40.6. The maximum absolute atomic E-state index is 14.0. The van der Waals surface area contributed by atoms with Gasteiger partial charge in [0.15, 0.2) is 35.5 Å². The predicted octanol–water partition coefficient (Wildman–Crippen LogP) is 1.63. The Kier molecular flexibility index (Phi) is 10.9.